The number of fused-ring (bicyclic) bond motifs is 1. The zero-order valence-corrected chi connectivity index (χ0v) is 10.5. The molecular formula is C14H15N3O2. The molecule has 2 aromatic rings. The number of carboxylic acids is 1. The summed E-state index contributed by atoms with van der Waals surface area (Å²) >= 11 is 0. The maximum absolute atomic E-state index is 11.0. The first kappa shape index (κ1) is 11.8. The van der Waals surface area contributed by atoms with E-state index in [1.54, 1.807) is 6.07 Å². The quantitative estimate of drug-likeness (QED) is 0.893. The Morgan fingerprint density at radius 3 is 2.74 bits per heavy atom. The minimum Gasteiger partial charge on any atom is -0.476 e. The fourth-order valence-corrected chi connectivity index (χ4v) is 2.43. The lowest BCUT2D eigenvalue weighted by Gasteiger charge is -2.22. The predicted molar refractivity (Wildman–Crippen MR) is 71.3 cm³/mol. The second-order valence-corrected chi connectivity index (χ2v) is 4.66. The van der Waals surface area contributed by atoms with Crippen LogP contribution in [0.5, 0.6) is 0 Å². The number of benzene rings is 1. The molecule has 0 spiro atoms. The Morgan fingerprint density at radius 2 is 2.00 bits per heavy atom. The Balaban J connectivity index is 1.90. The van der Waals surface area contributed by atoms with Crippen LogP contribution < -0.4 is 4.90 Å². The summed E-state index contributed by atoms with van der Waals surface area (Å²) < 4.78 is 1.81. The van der Waals surface area contributed by atoms with Crippen LogP contribution in [-0.2, 0) is 13.1 Å². The third-order valence-electron chi connectivity index (χ3n) is 3.35. The minimum atomic E-state index is -0.966. The number of hydrogen-bond donors (Lipinski definition) is 1. The first-order valence-corrected chi connectivity index (χ1v) is 6.34. The highest BCUT2D eigenvalue weighted by molar-refractivity contribution is 5.85. The Labute approximate surface area is 111 Å². The van der Waals surface area contributed by atoms with E-state index in [4.69, 9.17) is 5.11 Å². The van der Waals surface area contributed by atoms with Gasteiger partial charge < -0.3 is 10.0 Å². The van der Waals surface area contributed by atoms with Gasteiger partial charge in [-0.1, -0.05) is 18.2 Å². The molecule has 1 N–H and O–H groups in total. The van der Waals surface area contributed by atoms with Crippen LogP contribution in [0.4, 0.5) is 5.69 Å². The van der Waals surface area contributed by atoms with E-state index in [-0.39, 0.29) is 5.69 Å². The van der Waals surface area contributed by atoms with Gasteiger partial charge in [0.25, 0.3) is 0 Å². The van der Waals surface area contributed by atoms with Gasteiger partial charge in [0.05, 0.1) is 12.2 Å². The zero-order valence-electron chi connectivity index (χ0n) is 10.5. The number of carboxylic acid groups (broad SMARTS) is 1. The summed E-state index contributed by atoms with van der Waals surface area (Å²) in [6.45, 7) is 2.42. The van der Waals surface area contributed by atoms with Gasteiger partial charge in [0, 0.05) is 18.8 Å². The number of para-hydroxylation sites is 1. The number of nitrogens with zero attached hydrogens (tertiary/aromatic N) is 3. The van der Waals surface area contributed by atoms with Crippen LogP contribution in [0.3, 0.4) is 0 Å². The van der Waals surface area contributed by atoms with E-state index in [0.29, 0.717) is 6.54 Å². The molecule has 0 fully saturated rings. The van der Waals surface area contributed by atoms with E-state index in [0.717, 1.165) is 30.9 Å². The zero-order chi connectivity index (χ0) is 13.2. The van der Waals surface area contributed by atoms with Crippen LogP contribution in [0.15, 0.2) is 36.4 Å². The molecule has 1 aliphatic rings. The van der Waals surface area contributed by atoms with Gasteiger partial charge in [-0.05, 0) is 24.6 Å². The smallest absolute Gasteiger partial charge is 0.356 e. The molecule has 5 nitrogen and oxygen atoms in total. The van der Waals surface area contributed by atoms with Gasteiger partial charge >= 0.3 is 5.97 Å². The van der Waals surface area contributed by atoms with Crippen LogP contribution in [0.25, 0.3) is 0 Å². The normalized spacial score (nSPS) is 14.8. The molecular weight excluding hydrogens is 242 g/mol. The lowest BCUT2D eigenvalue weighted by Crippen LogP contribution is -2.22. The lowest BCUT2D eigenvalue weighted by atomic mass is 10.2. The third-order valence-corrected chi connectivity index (χ3v) is 3.35. The maximum Gasteiger partial charge on any atom is 0.356 e. The van der Waals surface area contributed by atoms with Crippen molar-refractivity contribution in [2.45, 2.75) is 19.5 Å². The van der Waals surface area contributed by atoms with E-state index >= 15 is 0 Å². The van der Waals surface area contributed by atoms with Gasteiger partial charge in [0.1, 0.15) is 0 Å². The highest BCUT2D eigenvalue weighted by atomic mass is 16.4. The third kappa shape index (κ3) is 2.31. The van der Waals surface area contributed by atoms with Gasteiger partial charge in [-0.25, -0.2) is 4.79 Å². The highest BCUT2D eigenvalue weighted by Gasteiger charge is 2.19. The van der Waals surface area contributed by atoms with E-state index in [1.807, 2.05) is 22.9 Å². The molecule has 0 bridgehead atoms. The number of aryl methyl sites for hydroxylation is 1. The number of aromatic nitrogens is 2. The monoisotopic (exact) mass is 257 g/mol. The van der Waals surface area contributed by atoms with Crippen molar-refractivity contribution in [3.8, 4) is 0 Å². The number of hydrogen-bond acceptors (Lipinski definition) is 3. The van der Waals surface area contributed by atoms with Crippen LogP contribution >= 0.6 is 0 Å². The van der Waals surface area contributed by atoms with Crippen molar-refractivity contribution in [1.29, 1.82) is 0 Å². The molecule has 1 aromatic carbocycles. The highest BCUT2D eigenvalue weighted by Crippen LogP contribution is 2.20. The van der Waals surface area contributed by atoms with E-state index < -0.39 is 5.97 Å². The largest absolute Gasteiger partial charge is 0.476 e. The molecule has 0 aliphatic carbocycles. The Morgan fingerprint density at radius 1 is 1.21 bits per heavy atom. The summed E-state index contributed by atoms with van der Waals surface area (Å²) in [5.74, 6) is -0.966. The second-order valence-electron chi connectivity index (χ2n) is 4.66. The average molecular weight is 257 g/mol. The molecule has 2 heterocycles. The van der Waals surface area contributed by atoms with Crippen molar-refractivity contribution in [2.75, 3.05) is 11.4 Å². The molecule has 1 aliphatic heterocycles. The number of rotatable bonds is 2. The SMILES string of the molecule is O=C(O)c1cc2n(n1)CCCN(c1ccccc1)C2. The van der Waals surface area contributed by atoms with E-state index in [2.05, 4.69) is 22.1 Å². The fraction of sp³-hybridized carbons (Fsp3) is 0.286. The first-order valence-electron chi connectivity index (χ1n) is 6.34. The maximum atomic E-state index is 11.0. The molecule has 0 saturated heterocycles. The molecule has 0 saturated carbocycles. The number of carbonyl (C=O) groups is 1. The van der Waals surface area contributed by atoms with Crippen molar-refractivity contribution in [1.82, 2.24) is 9.78 Å². The Kier molecular flexibility index (Phi) is 2.95. The standard InChI is InChI=1S/C14H15N3O2/c18-14(19)13-9-12-10-16(7-4-8-17(12)15-13)11-5-2-1-3-6-11/h1-3,5-6,9H,4,7-8,10H2,(H,18,19). The van der Waals surface area contributed by atoms with Gasteiger partial charge in [-0.15, -0.1) is 0 Å². The molecule has 19 heavy (non-hydrogen) atoms. The van der Waals surface area contributed by atoms with Crippen LogP contribution in [-0.4, -0.2) is 27.4 Å². The van der Waals surface area contributed by atoms with Crippen molar-refractivity contribution >= 4 is 11.7 Å². The van der Waals surface area contributed by atoms with Crippen molar-refractivity contribution < 1.29 is 9.90 Å². The number of aromatic carboxylic acids is 1. The number of anilines is 1. The van der Waals surface area contributed by atoms with E-state index in [9.17, 15) is 4.79 Å². The summed E-state index contributed by atoms with van der Waals surface area (Å²) in [4.78, 5) is 13.2. The predicted octanol–water partition coefficient (Wildman–Crippen LogP) is 1.99. The molecule has 5 heteroatoms. The van der Waals surface area contributed by atoms with Crippen LogP contribution in [0.1, 0.15) is 22.6 Å². The van der Waals surface area contributed by atoms with Gasteiger partial charge in [-0.3, -0.25) is 4.68 Å². The summed E-state index contributed by atoms with van der Waals surface area (Å²) in [5, 5.41) is 13.1. The molecule has 98 valence electrons. The Hall–Kier alpha value is -2.30. The first-order chi connectivity index (χ1) is 9.24. The second kappa shape index (κ2) is 4.76. The van der Waals surface area contributed by atoms with E-state index in [1.165, 1.54) is 0 Å². The summed E-state index contributed by atoms with van der Waals surface area (Å²) in [5.41, 5.74) is 2.25. The average Bonchev–Trinajstić information content (AvgIpc) is 2.72. The minimum absolute atomic E-state index is 0.130. The van der Waals surface area contributed by atoms with Gasteiger partial charge in [0.15, 0.2) is 5.69 Å². The molecule has 0 unspecified atom stereocenters. The molecule has 0 radical (unpaired) electrons. The van der Waals surface area contributed by atoms with Crippen molar-refractivity contribution in [2.24, 2.45) is 0 Å². The molecule has 3 rings (SSSR count). The van der Waals surface area contributed by atoms with Gasteiger partial charge in [0.2, 0.25) is 0 Å². The summed E-state index contributed by atoms with van der Waals surface area (Å²) in [6.07, 6.45) is 0.961. The summed E-state index contributed by atoms with van der Waals surface area (Å²) in [6, 6.07) is 11.8. The Bertz CT molecular complexity index is 592. The molecule has 0 atom stereocenters. The van der Waals surface area contributed by atoms with Gasteiger partial charge in [-0.2, -0.15) is 5.10 Å². The van der Waals surface area contributed by atoms with Crippen LogP contribution in [0, 0.1) is 0 Å². The molecule has 1 aromatic heterocycles. The molecule has 0 amide bonds. The fourth-order valence-electron chi connectivity index (χ4n) is 2.43. The van der Waals surface area contributed by atoms with Crippen LogP contribution in [0.2, 0.25) is 0 Å². The topological polar surface area (TPSA) is 58.4 Å². The van der Waals surface area contributed by atoms with Crippen molar-refractivity contribution in [3.05, 3.63) is 47.8 Å². The summed E-state index contributed by atoms with van der Waals surface area (Å²) in [7, 11) is 0. The van der Waals surface area contributed by atoms with Crippen molar-refractivity contribution in [3.63, 3.8) is 0 Å². The lowest BCUT2D eigenvalue weighted by molar-refractivity contribution is 0.0689.